The van der Waals surface area contributed by atoms with E-state index in [0.717, 1.165) is 18.0 Å². The molecule has 0 spiro atoms. The number of nitrogens with two attached hydrogens (primary N) is 1. The highest BCUT2D eigenvalue weighted by Crippen LogP contribution is 2.52. The second kappa shape index (κ2) is 7.24. The Morgan fingerprint density at radius 3 is 2.70 bits per heavy atom. The monoisotopic (exact) mass is 374 g/mol. The zero-order valence-corrected chi connectivity index (χ0v) is 16.2. The fourth-order valence-electron chi connectivity index (χ4n) is 4.50. The topological polar surface area (TPSA) is 113 Å². The van der Waals surface area contributed by atoms with Crippen LogP contribution in [0.1, 0.15) is 66.9 Å². The Balaban J connectivity index is 2.04. The number of hydrogen-bond donors (Lipinski definition) is 4. The largest absolute Gasteiger partial charge is 0.507 e. The van der Waals surface area contributed by atoms with Crippen molar-refractivity contribution in [1.82, 2.24) is 5.32 Å². The van der Waals surface area contributed by atoms with Gasteiger partial charge in [-0.05, 0) is 70.2 Å². The maximum Gasteiger partial charge on any atom is 0.252 e. The molecule has 0 saturated heterocycles. The first-order valence-electron chi connectivity index (χ1n) is 9.75. The molecular formula is C21H30N2O4. The minimum atomic E-state index is -1.18. The lowest BCUT2D eigenvalue weighted by molar-refractivity contribution is -0.133. The Kier molecular flexibility index (Phi) is 5.32. The number of carbonyl (C=O) groups excluding carboxylic acids is 2. The number of aryl methyl sites for hydroxylation is 1. The number of primary amides is 1. The molecule has 1 aromatic carbocycles. The van der Waals surface area contributed by atoms with Crippen LogP contribution in [-0.4, -0.2) is 40.6 Å². The predicted molar refractivity (Wildman–Crippen MR) is 103 cm³/mol. The maximum atomic E-state index is 12.4. The summed E-state index contributed by atoms with van der Waals surface area (Å²) in [5, 5.41) is 25.7. The number of nitrogens with one attached hydrogen (secondary N) is 1. The number of aliphatic hydroxyl groups is 1. The predicted octanol–water partition coefficient (Wildman–Crippen LogP) is 1.93. The highest BCUT2D eigenvalue weighted by Gasteiger charge is 2.53. The van der Waals surface area contributed by atoms with Gasteiger partial charge in [0.1, 0.15) is 11.5 Å². The maximum absolute atomic E-state index is 12.4. The zero-order chi connectivity index (χ0) is 19.8. The van der Waals surface area contributed by atoms with E-state index in [9.17, 15) is 19.8 Å². The summed E-state index contributed by atoms with van der Waals surface area (Å²) in [6.07, 6.45) is 3.77. The Hall–Kier alpha value is -1.92. The summed E-state index contributed by atoms with van der Waals surface area (Å²) in [5.41, 5.74) is 4.53. The lowest BCUT2D eigenvalue weighted by Crippen LogP contribution is -2.55. The summed E-state index contributed by atoms with van der Waals surface area (Å²) in [5.74, 6) is -0.146. The first-order chi connectivity index (χ1) is 12.7. The number of benzene rings is 1. The minimum absolute atomic E-state index is 0.0229. The number of amides is 1. The molecule has 1 aromatic rings. The summed E-state index contributed by atoms with van der Waals surface area (Å²) < 4.78 is 0. The third-order valence-corrected chi connectivity index (χ3v) is 6.41. The zero-order valence-electron chi connectivity index (χ0n) is 16.2. The van der Waals surface area contributed by atoms with E-state index in [2.05, 4.69) is 5.32 Å². The molecule has 0 bridgehead atoms. The SMILES string of the molecule is Cc1ccc(C(N)=O)c(O)c1[C@@]1(CCNCC2CC2)CC(=O)CC[C@]1(C)O. The molecule has 1 amide bonds. The molecule has 2 fully saturated rings. The van der Waals surface area contributed by atoms with Gasteiger partial charge in [-0.1, -0.05) is 6.07 Å². The second-order valence-corrected chi connectivity index (χ2v) is 8.49. The van der Waals surface area contributed by atoms with E-state index in [-0.39, 0.29) is 23.5 Å². The van der Waals surface area contributed by atoms with Crippen LogP contribution < -0.4 is 11.1 Å². The van der Waals surface area contributed by atoms with E-state index in [1.165, 1.54) is 18.9 Å². The van der Waals surface area contributed by atoms with E-state index >= 15 is 0 Å². The second-order valence-electron chi connectivity index (χ2n) is 8.49. The van der Waals surface area contributed by atoms with Crippen molar-refractivity contribution in [3.05, 3.63) is 28.8 Å². The van der Waals surface area contributed by atoms with Crippen molar-refractivity contribution in [1.29, 1.82) is 0 Å². The first kappa shape index (κ1) is 19.8. The van der Waals surface area contributed by atoms with Crippen molar-refractivity contribution < 1.29 is 19.8 Å². The summed E-state index contributed by atoms with van der Waals surface area (Å²) >= 11 is 0. The van der Waals surface area contributed by atoms with E-state index in [1.54, 1.807) is 13.0 Å². The molecule has 0 unspecified atom stereocenters. The van der Waals surface area contributed by atoms with Crippen molar-refractivity contribution in [2.45, 2.75) is 63.4 Å². The number of Topliss-reactive ketones (excluding diaryl/α,β-unsaturated/α-hetero) is 1. The first-order valence-corrected chi connectivity index (χ1v) is 9.75. The highest BCUT2D eigenvalue weighted by molar-refractivity contribution is 5.96. The quantitative estimate of drug-likeness (QED) is 0.545. The van der Waals surface area contributed by atoms with Crippen LogP contribution in [0.3, 0.4) is 0 Å². The van der Waals surface area contributed by atoms with Crippen molar-refractivity contribution >= 4 is 11.7 Å². The molecule has 0 aromatic heterocycles. The summed E-state index contributed by atoms with van der Waals surface area (Å²) in [4.78, 5) is 24.2. The molecule has 2 atom stereocenters. The molecule has 3 rings (SSSR count). The molecule has 27 heavy (non-hydrogen) atoms. The third-order valence-electron chi connectivity index (χ3n) is 6.41. The third kappa shape index (κ3) is 3.73. The summed E-state index contributed by atoms with van der Waals surface area (Å²) in [6, 6.07) is 3.22. The minimum Gasteiger partial charge on any atom is -0.507 e. The van der Waals surface area contributed by atoms with Crippen molar-refractivity contribution in [2.75, 3.05) is 13.1 Å². The van der Waals surface area contributed by atoms with Gasteiger partial charge in [0, 0.05) is 23.8 Å². The molecule has 2 saturated carbocycles. The van der Waals surface area contributed by atoms with Crippen LogP contribution in [-0.2, 0) is 10.2 Å². The normalized spacial score (nSPS) is 28.3. The van der Waals surface area contributed by atoms with E-state index in [0.29, 0.717) is 31.4 Å². The van der Waals surface area contributed by atoms with Crippen molar-refractivity contribution in [3.8, 4) is 5.75 Å². The molecular weight excluding hydrogens is 344 g/mol. The van der Waals surface area contributed by atoms with Crippen LogP contribution in [0.2, 0.25) is 0 Å². The number of phenols is 1. The van der Waals surface area contributed by atoms with Gasteiger partial charge in [0.05, 0.1) is 11.2 Å². The molecule has 6 heteroatoms. The van der Waals surface area contributed by atoms with Gasteiger partial charge in [-0.3, -0.25) is 9.59 Å². The van der Waals surface area contributed by atoms with Gasteiger partial charge in [0.2, 0.25) is 0 Å². The highest BCUT2D eigenvalue weighted by atomic mass is 16.3. The number of aromatic hydroxyl groups is 1. The smallest absolute Gasteiger partial charge is 0.252 e. The Morgan fingerprint density at radius 2 is 2.07 bits per heavy atom. The summed E-state index contributed by atoms with van der Waals surface area (Å²) in [7, 11) is 0. The van der Waals surface area contributed by atoms with E-state index < -0.39 is 16.9 Å². The molecule has 2 aliphatic carbocycles. The van der Waals surface area contributed by atoms with Crippen LogP contribution >= 0.6 is 0 Å². The van der Waals surface area contributed by atoms with Gasteiger partial charge in [0.15, 0.2) is 0 Å². The molecule has 5 N–H and O–H groups in total. The van der Waals surface area contributed by atoms with Gasteiger partial charge in [-0.2, -0.15) is 0 Å². The molecule has 2 aliphatic rings. The van der Waals surface area contributed by atoms with Crippen molar-refractivity contribution in [3.63, 3.8) is 0 Å². The number of carbonyl (C=O) groups is 2. The average molecular weight is 374 g/mol. The standard InChI is InChI=1S/C21H30N2O4/c1-13-3-6-16(19(22)26)18(25)17(13)21(9-10-23-12-14-4-5-14)11-15(24)7-8-20(21,2)27/h3,6,14,23,25,27H,4-5,7-12H2,1-2H3,(H2,22,26)/t20-,21+/m0/s1. The van der Waals surface area contributed by atoms with Crippen LogP contribution in [0, 0.1) is 12.8 Å². The summed E-state index contributed by atoms with van der Waals surface area (Å²) in [6.45, 7) is 5.11. The lowest BCUT2D eigenvalue weighted by Gasteiger charge is -2.49. The Morgan fingerprint density at radius 1 is 1.37 bits per heavy atom. The van der Waals surface area contributed by atoms with Gasteiger partial charge in [0.25, 0.3) is 5.91 Å². The van der Waals surface area contributed by atoms with Crippen LogP contribution in [0.5, 0.6) is 5.75 Å². The van der Waals surface area contributed by atoms with Gasteiger partial charge < -0.3 is 21.3 Å². The van der Waals surface area contributed by atoms with Crippen LogP contribution in [0.15, 0.2) is 12.1 Å². The molecule has 0 heterocycles. The van der Waals surface area contributed by atoms with Gasteiger partial charge >= 0.3 is 0 Å². The average Bonchev–Trinajstić information content (AvgIpc) is 3.39. The number of rotatable bonds is 7. The van der Waals surface area contributed by atoms with Gasteiger partial charge in [-0.15, -0.1) is 0 Å². The van der Waals surface area contributed by atoms with Crippen molar-refractivity contribution in [2.24, 2.45) is 11.7 Å². The molecule has 0 radical (unpaired) electrons. The number of ketones is 1. The molecule has 148 valence electrons. The lowest BCUT2D eigenvalue weighted by atomic mass is 9.57. The Labute approximate surface area is 160 Å². The fourth-order valence-corrected chi connectivity index (χ4v) is 4.50. The van der Waals surface area contributed by atoms with Crippen LogP contribution in [0.25, 0.3) is 0 Å². The molecule has 0 aliphatic heterocycles. The Bertz CT molecular complexity index is 755. The molecule has 6 nitrogen and oxygen atoms in total. The van der Waals surface area contributed by atoms with E-state index in [1.807, 2.05) is 6.92 Å². The number of hydrogen-bond acceptors (Lipinski definition) is 5. The van der Waals surface area contributed by atoms with Crippen LogP contribution in [0.4, 0.5) is 0 Å². The van der Waals surface area contributed by atoms with E-state index in [4.69, 9.17) is 5.73 Å². The van der Waals surface area contributed by atoms with Gasteiger partial charge in [-0.25, -0.2) is 0 Å². The fraction of sp³-hybridized carbons (Fsp3) is 0.619.